The number of nitrogens with zero attached hydrogens (tertiary/aromatic N) is 3. The van der Waals surface area contributed by atoms with Crippen molar-refractivity contribution in [1.29, 1.82) is 0 Å². The molecule has 0 fully saturated rings. The van der Waals surface area contributed by atoms with E-state index in [0.29, 0.717) is 0 Å². The van der Waals surface area contributed by atoms with E-state index in [1.54, 1.807) is 0 Å². The molecule has 100 heavy (non-hydrogen) atoms. The van der Waals surface area contributed by atoms with Crippen LogP contribution in [0.1, 0.15) is 36.5 Å². The molecule has 0 atom stereocenters. The van der Waals surface area contributed by atoms with Crippen molar-refractivity contribution in [2.75, 3.05) is 9.80 Å². The van der Waals surface area contributed by atoms with Crippen LogP contribution < -0.4 is 26.2 Å². The minimum atomic E-state index is -0.203. The molecule has 4 heteroatoms. The van der Waals surface area contributed by atoms with Crippen molar-refractivity contribution < 1.29 is 0 Å². The molecule has 0 saturated heterocycles. The lowest BCUT2D eigenvalue weighted by Crippen LogP contribution is -2.61. The Morgan fingerprint density at radius 2 is 0.750 bits per heavy atom. The smallest absolute Gasteiger partial charge is 0.252 e. The lowest BCUT2D eigenvalue weighted by molar-refractivity contribution is 1.14. The van der Waals surface area contributed by atoms with Gasteiger partial charge in [0.15, 0.2) is 0 Å². The molecule has 2 aliphatic heterocycles. The number of allylic oxidation sites excluding steroid dienone is 8. The molecule has 1 aromatic heterocycles. The first-order chi connectivity index (χ1) is 49.5. The molecule has 18 aromatic rings. The first kappa shape index (κ1) is 56.7. The highest BCUT2D eigenvalue weighted by molar-refractivity contribution is 7.00. The minimum Gasteiger partial charge on any atom is -0.311 e. The standard InChI is InChI=1S/C96H64BN3/c1-59-23-3-6-26-67(59)60(2)43-44-62(51-61-24-4-5-25-61)63-52-94-96-95(53-63)100(65-46-49-81-75-34-10-8-28-69(75)71-30-12-16-36-77(71)85(81)55-65)93-58-87-79-38-18-14-32-73(79)72-31-13-17-37-78(72)86(87)57-89(93)97(96)88-50-47-66(98-90-41-21-19-39-82(90)83-40-20-22-42-91(83)98)56-92(88)99(94)64-45-48-80-74-33-9-7-27-68(74)70-29-11-15-35-76(70)84(80)54-64/h3-24,26-50,52-58H,25,51H2,1-2H3/b60-43+,62-44+. The van der Waals surface area contributed by atoms with Crippen LogP contribution in [-0.4, -0.2) is 11.3 Å². The summed E-state index contributed by atoms with van der Waals surface area (Å²) in [6.45, 7) is 4.30. The lowest BCUT2D eigenvalue weighted by Gasteiger charge is -2.45. The van der Waals surface area contributed by atoms with Crippen LogP contribution in [0.15, 0.2) is 333 Å². The molecule has 0 saturated carbocycles. The Labute approximate surface area is 580 Å². The summed E-state index contributed by atoms with van der Waals surface area (Å²) in [6, 6.07) is 113. The number of rotatable bonds is 8. The third-order valence-electron chi connectivity index (χ3n) is 22.5. The first-order valence-corrected chi connectivity index (χ1v) is 35.2. The molecule has 0 bridgehead atoms. The molecular weight excluding hydrogens is 1210 g/mol. The van der Waals surface area contributed by atoms with Crippen molar-refractivity contribution in [3.63, 3.8) is 0 Å². The molecule has 3 nitrogen and oxygen atoms in total. The summed E-state index contributed by atoms with van der Waals surface area (Å²) in [5.41, 5.74) is 21.7. The van der Waals surface area contributed by atoms with Gasteiger partial charge < -0.3 is 14.4 Å². The minimum absolute atomic E-state index is 0.203. The molecular formula is C96H64BN3. The quantitative estimate of drug-likeness (QED) is 0.0853. The van der Waals surface area contributed by atoms with Crippen molar-refractivity contribution >= 4 is 187 Å². The van der Waals surface area contributed by atoms with Gasteiger partial charge in [0, 0.05) is 50.6 Å². The number of hydrogen-bond donors (Lipinski definition) is 0. The Hall–Kier alpha value is -12.5. The van der Waals surface area contributed by atoms with Crippen molar-refractivity contribution in [3.05, 3.63) is 350 Å². The van der Waals surface area contributed by atoms with Crippen LogP contribution in [0.5, 0.6) is 0 Å². The molecule has 3 aliphatic rings. The molecule has 1 aliphatic carbocycles. The van der Waals surface area contributed by atoms with E-state index in [0.717, 1.165) is 41.3 Å². The number of anilines is 6. The molecule has 0 amide bonds. The predicted molar refractivity (Wildman–Crippen MR) is 432 cm³/mol. The van der Waals surface area contributed by atoms with Crippen LogP contribution in [0, 0.1) is 6.92 Å². The number of hydrogen-bond acceptors (Lipinski definition) is 2. The summed E-state index contributed by atoms with van der Waals surface area (Å²) in [5, 5.41) is 25.0. The van der Waals surface area contributed by atoms with Gasteiger partial charge in [-0.15, -0.1) is 0 Å². The summed E-state index contributed by atoms with van der Waals surface area (Å²) < 4.78 is 2.50. The van der Waals surface area contributed by atoms with Crippen LogP contribution >= 0.6 is 0 Å². The second-order valence-corrected chi connectivity index (χ2v) is 27.8. The van der Waals surface area contributed by atoms with Gasteiger partial charge in [-0.25, -0.2) is 0 Å². The van der Waals surface area contributed by atoms with Gasteiger partial charge in [0.05, 0.1) is 11.0 Å². The van der Waals surface area contributed by atoms with Gasteiger partial charge in [-0.1, -0.05) is 266 Å². The Balaban J connectivity index is 0.929. The number of para-hydroxylation sites is 2. The van der Waals surface area contributed by atoms with Crippen molar-refractivity contribution in [3.8, 4) is 5.69 Å². The third-order valence-corrected chi connectivity index (χ3v) is 22.5. The molecule has 0 radical (unpaired) electrons. The van der Waals surface area contributed by atoms with E-state index in [4.69, 9.17) is 0 Å². The maximum atomic E-state index is 2.68. The van der Waals surface area contributed by atoms with Gasteiger partial charge in [-0.05, 0) is 235 Å². The molecule has 0 N–H and O–H groups in total. The van der Waals surface area contributed by atoms with E-state index in [1.165, 1.54) is 180 Å². The van der Waals surface area contributed by atoms with Crippen LogP contribution in [0.2, 0.25) is 0 Å². The van der Waals surface area contributed by atoms with Gasteiger partial charge in [0.2, 0.25) is 0 Å². The lowest BCUT2D eigenvalue weighted by atomic mass is 9.33. The highest BCUT2D eigenvalue weighted by Gasteiger charge is 2.45. The van der Waals surface area contributed by atoms with Gasteiger partial charge in [-0.3, -0.25) is 0 Å². The number of benzene rings is 17. The highest BCUT2D eigenvalue weighted by Crippen LogP contribution is 2.51. The average Bonchev–Trinajstić information content (AvgIpc) is 1.41. The van der Waals surface area contributed by atoms with E-state index in [9.17, 15) is 0 Å². The van der Waals surface area contributed by atoms with Gasteiger partial charge >= 0.3 is 0 Å². The van der Waals surface area contributed by atoms with Crippen molar-refractivity contribution in [2.24, 2.45) is 0 Å². The van der Waals surface area contributed by atoms with Crippen molar-refractivity contribution in [2.45, 2.75) is 26.7 Å². The normalized spacial score (nSPS) is 13.8. The fourth-order valence-corrected chi connectivity index (χ4v) is 18.0. The molecule has 17 aromatic carbocycles. The predicted octanol–water partition coefficient (Wildman–Crippen LogP) is 24.3. The van der Waals surface area contributed by atoms with E-state index in [2.05, 4.69) is 356 Å². The van der Waals surface area contributed by atoms with Crippen LogP contribution in [0.4, 0.5) is 34.1 Å². The Morgan fingerprint density at radius 3 is 1.22 bits per heavy atom. The van der Waals surface area contributed by atoms with E-state index in [1.807, 2.05) is 0 Å². The third kappa shape index (κ3) is 8.41. The average molecular weight is 1270 g/mol. The fraction of sp³-hybridized carbons (Fsp3) is 0.0417. The summed E-state index contributed by atoms with van der Waals surface area (Å²) in [6.07, 6.45) is 13.4. The van der Waals surface area contributed by atoms with E-state index >= 15 is 0 Å². The molecule has 466 valence electrons. The SMILES string of the molecule is C/C(=C\C=C(/CC1=CC=CC1)c1cc2c3c(c1)N(c1ccc4c5ccccc5c5ccccc5c4c1)c1cc4c5ccccc5c5ccccc5c4cc1B3c1ccc(-n3c4ccccc4c4ccccc43)cc1N2c1ccc2c3ccccc3c3ccccc3c2c1)c1ccccc1C. The second kappa shape index (κ2) is 22.0. The molecule has 3 heterocycles. The largest absolute Gasteiger partial charge is 0.311 e. The monoisotopic (exact) mass is 1270 g/mol. The fourth-order valence-electron chi connectivity index (χ4n) is 18.0. The van der Waals surface area contributed by atoms with E-state index in [-0.39, 0.29) is 6.71 Å². The number of aryl methyl sites for hydroxylation is 1. The number of fused-ring (bicyclic) bond motifs is 25. The maximum Gasteiger partial charge on any atom is 0.252 e. The summed E-state index contributed by atoms with van der Waals surface area (Å²) in [4.78, 5) is 5.35. The Kier molecular flexibility index (Phi) is 12.5. The maximum absolute atomic E-state index is 2.68. The van der Waals surface area contributed by atoms with Gasteiger partial charge in [0.1, 0.15) is 0 Å². The second-order valence-electron chi connectivity index (χ2n) is 27.8. The zero-order valence-corrected chi connectivity index (χ0v) is 55.5. The van der Waals surface area contributed by atoms with Crippen LogP contribution in [0.25, 0.3) is 136 Å². The molecule has 21 rings (SSSR count). The zero-order valence-electron chi connectivity index (χ0n) is 55.5. The van der Waals surface area contributed by atoms with Crippen LogP contribution in [0.3, 0.4) is 0 Å². The van der Waals surface area contributed by atoms with Gasteiger partial charge in [0.25, 0.3) is 6.71 Å². The summed E-state index contributed by atoms with van der Waals surface area (Å²) >= 11 is 0. The highest BCUT2D eigenvalue weighted by atomic mass is 15.2. The summed E-state index contributed by atoms with van der Waals surface area (Å²) in [5.74, 6) is 0. The Morgan fingerprint density at radius 1 is 0.350 bits per heavy atom. The van der Waals surface area contributed by atoms with Crippen molar-refractivity contribution in [1.82, 2.24) is 4.57 Å². The summed E-state index contributed by atoms with van der Waals surface area (Å²) in [7, 11) is 0. The molecule has 0 spiro atoms. The zero-order chi connectivity index (χ0) is 65.8. The topological polar surface area (TPSA) is 11.4 Å². The molecule has 0 unspecified atom stereocenters. The van der Waals surface area contributed by atoms with E-state index < -0.39 is 0 Å². The van der Waals surface area contributed by atoms with Gasteiger partial charge in [-0.2, -0.15) is 0 Å². The number of aromatic nitrogens is 1. The Bertz CT molecular complexity index is 6650. The van der Waals surface area contributed by atoms with Crippen LogP contribution in [-0.2, 0) is 0 Å². The first-order valence-electron chi connectivity index (χ1n) is 35.2.